The molecule has 1 unspecified atom stereocenters. The van der Waals surface area contributed by atoms with Crippen LogP contribution in [0.15, 0.2) is 40.9 Å². The standard InChI is InChI=1S/C16H16N4O/c17-12(10-5-6-10)9-15-19-16(20-21-15)14-8-7-11-3-1-2-4-13(11)18-14/h1-4,7-8,10,12H,5-6,9,17H2. The first-order valence-corrected chi connectivity index (χ1v) is 7.24. The van der Waals surface area contributed by atoms with Crippen molar-refractivity contribution in [2.75, 3.05) is 0 Å². The summed E-state index contributed by atoms with van der Waals surface area (Å²) in [5.74, 6) is 1.75. The third-order valence-electron chi connectivity index (χ3n) is 3.93. The third-order valence-corrected chi connectivity index (χ3v) is 3.93. The molecule has 1 aromatic carbocycles. The molecule has 0 bridgehead atoms. The first kappa shape index (κ1) is 12.5. The van der Waals surface area contributed by atoms with Gasteiger partial charge < -0.3 is 10.3 Å². The quantitative estimate of drug-likeness (QED) is 0.794. The number of aromatic nitrogens is 3. The lowest BCUT2D eigenvalue weighted by molar-refractivity contribution is 0.363. The average Bonchev–Trinajstić information content (AvgIpc) is 3.27. The van der Waals surface area contributed by atoms with Crippen LogP contribution in [-0.4, -0.2) is 21.2 Å². The van der Waals surface area contributed by atoms with Crippen LogP contribution < -0.4 is 5.73 Å². The lowest BCUT2D eigenvalue weighted by Gasteiger charge is -2.04. The molecule has 5 nitrogen and oxygen atoms in total. The topological polar surface area (TPSA) is 77.8 Å². The van der Waals surface area contributed by atoms with Crippen molar-refractivity contribution in [3.05, 3.63) is 42.3 Å². The van der Waals surface area contributed by atoms with Crippen LogP contribution in [0.1, 0.15) is 18.7 Å². The monoisotopic (exact) mass is 280 g/mol. The van der Waals surface area contributed by atoms with Gasteiger partial charge >= 0.3 is 0 Å². The smallest absolute Gasteiger partial charge is 0.228 e. The molecule has 2 heterocycles. The molecule has 0 spiro atoms. The van der Waals surface area contributed by atoms with Crippen molar-refractivity contribution in [3.8, 4) is 11.5 Å². The summed E-state index contributed by atoms with van der Waals surface area (Å²) in [5.41, 5.74) is 7.74. The van der Waals surface area contributed by atoms with Gasteiger partial charge in [0.05, 0.1) is 5.52 Å². The first-order valence-electron chi connectivity index (χ1n) is 7.24. The van der Waals surface area contributed by atoms with E-state index in [1.807, 2.05) is 36.4 Å². The number of nitrogens with zero attached hydrogens (tertiary/aromatic N) is 3. The molecule has 1 aliphatic rings. The van der Waals surface area contributed by atoms with Crippen LogP contribution in [0.2, 0.25) is 0 Å². The van der Waals surface area contributed by atoms with Crippen molar-refractivity contribution in [1.29, 1.82) is 0 Å². The zero-order chi connectivity index (χ0) is 14.2. The highest BCUT2D eigenvalue weighted by Crippen LogP contribution is 2.32. The van der Waals surface area contributed by atoms with Crippen LogP contribution in [0.5, 0.6) is 0 Å². The van der Waals surface area contributed by atoms with E-state index >= 15 is 0 Å². The molecule has 4 rings (SSSR count). The van der Waals surface area contributed by atoms with E-state index in [1.165, 1.54) is 12.8 Å². The van der Waals surface area contributed by atoms with E-state index in [2.05, 4.69) is 15.1 Å². The van der Waals surface area contributed by atoms with Crippen molar-refractivity contribution in [1.82, 2.24) is 15.1 Å². The van der Waals surface area contributed by atoms with Crippen molar-refractivity contribution >= 4 is 10.9 Å². The first-order chi connectivity index (χ1) is 10.3. The Kier molecular flexibility index (Phi) is 2.93. The highest BCUT2D eigenvalue weighted by Gasteiger charge is 2.29. The molecule has 1 fully saturated rings. The molecule has 0 saturated heterocycles. The lowest BCUT2D eigenvalue weighted by atomic mass is 10.1. The fourth-order valence-corrected chi connectivity index (χ4v) is 2.53. The van der Waals surface area contributed by atoms with Gasteiger partial charge in [-0.15, -0.1) is 0 Å². The van der Waals surface area contributed by atoms with E-state index < -0.39 is 0 Å². The summed E-state index contributed by atoms with van der Waals surface area (Å²) >= 11 is 0. The van der Waals surface area contributed by atoms with Gasteiger partial charge in [0, 0.05) is 17.8 Å². The number of pyridine rings is 1. The number of para-hydroxylation sites is 1. The maximum atomic E-state index is 6.09. The molecule has 1 atom stereocenters. The Balaban J connectivity index is 1.60. The Hall–Kier alpha value is -2.27. The summed E-state index contributed by atoms with van der Waals surface area (Å²) in [7, 11) is 0. The van der Waals surface area contributed by atoms with Gasteiger partial charge in [-0.05, 0) is 30.9 Å². The van der Waals surface area contributed by atoms with E-state index in [4.69, 9.17) is 10.3 Å². The van der Waals surface area contributed by atoms with Crippen LogP contribution in [0.4, 0.5) is 0 Å². The lowest BCUT2D eigenvalue weighted by Crippen LogP contribution is -2.25. The van der Waals surface area contributed by atoms with E-state index in [9.17, 15) is 0 Å². The summed E-state index contributed by atoms with van der Waals surface area (Å²) in [6.07, 6.45) is 3.08. The molecule has 2 aromatic heterocycles. The zero-order valence-electron chi connectivity index (χ0n) is 11.6. The van der Waals surface area contributed by atoms with Crippen LogP contribution >= 0.6 is 0 Å². The SMILES string of the molecule is NC(Cc1nc(-c2ccc3ccccc3n2)no1)C1CC1. The number of rotatable bonds is 4. The second kappa shape index (κ2) is 4.93. The number of fused-ring (bicyclic) bond motifs is 1. The van der Waals surface area contributed by atoms with Crippen molar-refractivity contribution in [3.63, 3.8) is 0 Å². The zero-order valence-corrected chi connectivity index (χ0v) is 11.6. The van der Waals surface area contributed by atoms with E-state index in [0.29, 0.717) is 24.1 Å². The molecule has 0 radical (unpaired) electrons. The summed E-state index contributed by atoms with van der Waals surface area (Å²) in [6.45, 7) is 0. The number of hydrogen-bond acceptors (Lipinski definition) is 5. The maximum Gasteiger partial charge on any atom is 0.228 e. The Labute approximate surface area is 122 Å². The van der Waals surface area contributed by atoms with Gasteiger partial charge in [0.2, 0.25) is 11.7 Å². The number of benzene rings is 1. The van der Waals surface area contributed by atoms with Gasteiger partial charge in [-0.3, -0.25) is 0 Å². The third kappa shape index (κ3) is 2.52. The predicted octanol–water partition coefficient (Wildman–Crippen LogP) is 2.56. The number of nitrogens with two attached hydrogens (primary N) is 1. The summed E-state index contributed by atoms with van der Waals surface area (Å²) in [4.78, 5) is 8.99. The van der Waals surface area contributed by atoms with Gasteiger partial charge in [-0.25, -0.2) is 4.98 Å². The van der Waals surface area contributed by atoms with Gasteiger partial charge in [0.15, 0.2) is 0 Å². The van der Waals surface area contributed by atoms with Crippen molar-refractivity contribution in [2.45, 2.75) is 25.3 Å². The fraction of sp³-hybridized carbons (Fsp3) is 0.312. The van der Waals surface area contributed by atoms with Crippen LogP contribution in [0.25, 0.3) is 22.4 Å². The highest BCUT2D eigenvalue weighted by molar-refractivity contribution is 5.80. The molecule has 5 heteroatoms. The Morgan fingerprint density at radius 1 is 1.14 bits per heavy atom. The van der Waals surface area contributed by atoms with E-state index in [0.717, 1.165) is 16.6 Å². The van der Waals surface area contributed by atoms with Crippen molar-refractivity contribution < 1.29 is 4.52 Å². The highest BCUT2D eigenvalue weighted by atomic mass is 16.5. The van der Waals surface area contributed by atoms with E-state index in [1.54, 1.807) is 0 Å². The molecule has 21 heavy (non-hydrogen) atoms. The molecule has 1 saturated carbocycles. The molecular formula is C16H16N4O. The largest absolute Gasteiger partial charge is 0.339 e. The van der Waals surface area contributed by atoms with Crippen LogP contribution in [-0.2, 0) is 6.42 Å². The molecule has 106 valence electrons. The summed E-state index contributed by atoms with van der Waals surface area (Å²) in [6, 6.07) is 12.0. The van der Waals surface area contributed by atoms with Gasteiger partial charge in [0.25, 0.3) is 0 Å². The molecule has 1 aliphatic carbocycles. The maximum absolute atomic E-state index is 6.09. The summed E-state index contributed by atoms with van der Waals surface area (Å²) < 4.78 is 5.30. The predicted molar refractivity (Wildman–Crippen MR) is 79.4 cm³/mol. The summed E-state index contributed by atoms with van der Waals surface area (Å²) in [5, 5.41) is 5.12. The normalized spacial score (nSPS) is 16.2. The Morgan fingerprint density at radius 3 is 2.86 bits per heavy atom. The van der Waals surface area contributed by atoms with Gasteiger partial charge in [0.1, 0.15) is 5.69 Å². The minimum atomic E-state index is 0.128. The van der Waals surface area contributed by atoms with E-state index in [-0.39, 0.29) is 6.04 Å². The van der Waals surface area contributed by atoms with Gasteiger partial charge in [-0.1, -0.05) is 29.4 Å². The second-order valence-corrected chi connectivity index (χ2v) is 5.61. The van der Waals surface area contributed by atoms with Crippen LogP contribution in [0, 0.1) is 5.92 Å². The van der Waals surface area contributed by atoms with Crippen molar-refractivity contribution in [2.24, 2.45) is 11.7 Å². The Morgan fingerprint density at radius 2 is 2.00 bits per heavy atom. The van der Waals surface area contributed by atoms with Crippen LogP contribution in [0.3, 0.4) is 0 Å². The second-order valence-electron chi connectivity index (χ2n) is 5.61. The molecule has 3 aromatic rings. The molecule has 2 N–H and O–H groups in total. The molecule has 0 aliphatic heterocycles. The number of hydrogen-bond donors (Lipinski definition) is 1. The van der Waals surface area contributed by atoms with Gasteiger partial charge in [-0.2, -0.15) is 4.98 Å². The average molecular weight is 280 g/mol. The minimum absolute atomic E-state index is 0.128. The minimum Gasteiger partial charge on any atom is -0.339 e. The molecule has 0 amide bonds. The molecular weight excluding hydrogens is 264 g/mol. The fourth-order valence-electron chi connectivity index (χ4n) is 2.53. The Bertz CT molecular complexity index is 779.